The van der Waals surface area contributed by atoms with Gasteiger partial charge in [0, 0.05) is 23.5 Å². The molecule has 0 N–H and O–H groups in total. The van der Waals surface area contributed by atoms with Crippen LogP contribution in [0.25, 0.3) is 11.4 Å². The summed E-state index contributed by atoms with van der Waals surface area (Å²) in [5.74, 6) is 0.872. The fraction of sp³-hybridized carbons (Fsp3) is 0.100. The first kappa shape index (κ1) is 18.1. The summed E-state index contributed by atoms with van der Waals surface area (Å²) in [6.45, 7) is 0.417. The van der Waals surface area contributed by atoms with Crippen molar-refractivity contribution in [2.45, 2.75) is 11.7 Å². The summed E-state index contributed by atoms with van der Waals surface area (Å²) in [7, 11) is 0. The van der Waals surface area contributed by atoms with Crippen LogP contribution < -0.4 is 0 Å². The van der Waals surface area contributed by atoms with E-state index in [1.54, 1.807) is 24.7 Å². The van der Waals surface area contributed by atoms with Crippen molar-refractivity contribution in [3.05, 3.63) is 84.3 Å². The van der Waals surface area contributed by atoms with Crippen LogP contribution in [-0.4, -0.2) is 31.3 Å². The number of halogens is 1. The van der Waals surface area contributed by atoms with Crippen molar-refractivity contribution in [3.63, 3.8) is 0 Å². The maximum atomic E-state index is 13.4. The number of aromatic nitrogens is 4. The molecule has 0 atom stereocenters. The van der Waals surface area contributed by atoms with Crippen LogP contribution in [0.5, 0.6) is 0 Å². The van der Waals surface area contributed by atoms with Crippen molar-refractivity contribution in [1.82, 2.24) is 19.7 Å². The van der Waals surface area contributed by atoms with E-state index in [0.717, 1.165) is 11.3 Å². The Bertz CT molecular complexity index is 1080. The van der Waals surface area contributed by atoms with E-state index in [1.165, 1.54) is 30.0 Å². The Kier molecular flexibility index (Phi) is 5.29. The van der Waals surface area contributed by atoms with Gasteiger partial charge in [0.1, 0.15) is 11.6 Å². The maximum absolute atomic E-state index is 13.4. The van der Waals surface area contributed by atoms with Gasteiger partial charge in [0.05, 0.1) is 18.6 Å². The monoisotopic (exact) mass is 394 g/mol. The smallest absolute Gasteiger partial charge is 0.192 e. The highest BCUT2D eigenvalue weighted by atomic mass is 32.2. The number of furan rings is 1. The van der Waals surface area contributed by atoms with Crippen LogP contribution in [0.2, 0.25) is 0 Å². The first-order valence-corrected chi connectivity index (χ1v) is 9.47. The zero-order chi connectivity index (χ0) is 19.3. The molecule has 0 aliphatic rings. The molecule has 28 heavy (non-hydrogen) atoms. The Morgan fingerprint density at radius 3 is 2.82 bits per heavy atom. The SMILES string of the molecule is O=C(CSc1nnc(-c2cccnc2)n1Cc1ccco1)c1cccc(F)c1. The van der Waals surface area contributed by atoms with E-state index in [4.69, 9.17) is 4.42 Å². The molecule has 8 heteroatoms. The Morgan fingerprint density at radius 1 is 1.14 bits per heavy atom. The average molecular weight is 394 g/mol. The summed E-state index contributed by atoms with van der Waals surface area (Å²) in [6.07, 6.45) is 4.99. The largest absolute Gasteiger partial charge is 0.467 e. The molecule has 3 aromatic heterocycles. The van der Waals surface area contributed by atoms with Gasteiger partial charge in [0.15, 0.2) is 16.8 Å². The molecule has 0 amide bonds. The van der Waals surface area contributed by atoms with E-state index < -0.39 is 5.82 Å². The molecule has 0 saturated carbocycles. The lowest BCUT2D eigenvalue weighted by atomic mass is 10.1. The predicted molar refractivity (Wildman–Crippen MR) is 103 cm³/mol. The van der Waals surface area contributed by atoms with Gasteiger partial charge < -0.3 is 4.42 Å². The van der Waals surface area contributed by atoms with Gasteiger partial charge in [-0.1, -0.05) is 23.9 Å². The van der Waals surface area contributed by atoms with Crippen LogP contribution in [0, 0.1) is 5.82 Å². The van der Waals surface area contributed by atoms with Crippen LogP contribution in [0.3, 0.4) is 0 Å². The lowest BCUT2D eigenvalue weighted by molar-refractivity contribution is 0.102. The summed E-state index contributed by atoms with van der Waals surface area (Å²) in [5.41, 5.74) is 1.14. The third kappa shape index (κ3) is 4.01. The molecule has 0 fully saturated rings. The Morgan fingerprint density at radius 2 is 2.07 bits per heavy atom. The number of hydrogen-bond donors (Lipinski definition) is 0. The maximum Gasteiger partial charge on any atom is 0.192 e. The van der Waals surface area contributed by atoms with Gasteiger partial charge in [0.2, 0.25) is 0 Å². The highest BCUT2D eigenvalue weighted by Gasteiger charge is 2.17. The minimum absolute atomic E-state index is 0.118. The third-order valence-electron chi connectivity index (χ3n) is 4.01. The molecule has 0 spiro atoms. The zero-order valence-electron chi connectivity index (χ0n) is 14.7. The molecule has 6 nitrogen and oxygen atoms in total. The van der Waals surface area contributed by atoms with Crippen molar-refractivity contribution in [2.24, 2.45) is 0 Å². The number of ketones is 1. The second-order valence-corrected chi connectivity index (χ2v) is 6.88. The first-order chi connectivity index (χ1) is 13.7. The highest BCUT2D eigenvalue weighted by Crippen LogP contribution is 2.25. The van der Waals surface area contributed by atoms with Gasteiger partial charge >= 0.3 is 0 Å². The van der Waals surface area contributed by atoms with E-state index in [2.05, 4.69) is 15.2 Å². The number of nitrogens with zero attached hydrogens (tertiary/aromatic N) is 4. The quantitative estimate of drug-likeness (QED) is 0.347. The van der Waals surface area contributed by atoms with E-state index >= 15 is 0 Å². The summed E-state index contributed by atoms with van der Waals surface area (Å²) in [5, 5.41) is 9.08. The molecule has 3 heterocycles. The molecular formula is C20H15FN4O2S. The second kappa shape index (κ2) is 8.18. The predicted octanol–water partition coefficient (Wildman–Crippen LogP) is 4.10. The van der Waals surface area contributed by atoms with Crippen LogP contribution >= 0.6 is 11.8 Å². The summed E-state index contributed by atoms with van der Waals surface area (Å²) >= 11 is 1.25. The number of rotatable bonds is 7. The lowest BCUT2D eigenvalue weighted by Gasteiger charge is -2.08. The van der Waals surface area contributed by atoms with E-state index in [0.29, 0.717) is 23.1 Å². The third-order valence-corrected chi connectivity index (χ3v) is 4.98. The molecule has 4 aromatic rings. The molecule has 1 aromatic carbocycles. The first-order valence-electron chi connectivity index (χ1n) is 8.48. The molecule has 0 radical (unpaired) electrons. The second-order valence-electron chi connectivity index (χ2n) is 5.94. The van der Waals surface area contributed by atoms with Crippen molar-refractivity contribution in [2.75, 3.05) is 5.75 Å². The van der Waals surface area contributed by atoms with Crippen molar-refractivity contribution >= 4 is 17.5 Å². The van der Waals surface area contributed by atoms with Crippen molar-refractivity contribution < 1.29 is 13.6 Å². The van der Waals surface area contributed by atoms with E-state index in [-0.39, 0.29) is 11.5 Å². The number of carbonyl (C=O) groups excluding carboxylic acids is 1. The molecule has 140 valence electrons. The summed E-state index contributed by atoms with van der Waals surface area (Å²) in [6, 6.07) is 13.0. The van der Waals surface area contributed by atoms with Gasteiger partial charge in [-0.05, 0) is 36.4 Å². The number of pyridine rings is 1. The summed E-state index contributed by atoms with van der Waals surface area (Å²) < 4.78 is 20.7. The number of carbonyl (C=O) groups is 1. The number of Topliss-reactive ketones (excluding diaryl/α,β-unsaturated/α-hetero) is 1. The normalized spacial score (nSPS) is 10.9. The highest BCUT2D eigenvalue weighted by molar-refractivity contribution is 7.99. The lowest BCUT2D eigenvalue weighted by Crippen LogP contribution is -2.07. The van der Waals surface area contributed by atoms with Crippen LogP contribution in [0.4, 0.5) is 4.39 Å². The Balaban J connectivity index is 1.59. The molecule has 0 unspecified atom stereocenters. The topological polar surface area (TPSA) is 73.8 Å². The Hall–Kier alpha value is -3.26. The van der Waals surface area contributed by atoms with Gasteiger partial charge in [-0.25, -0.2) is 4.39 Å². The van der Waals surface area contributed by atoms with Gasteiger partial charge in [-0.15, -0.1) is 10.2 Å². The fourth-order valence-electron chi connectivity index (χ4n) is 2.68. The van der Waals surface area contributed by atoms with E-state index in [9.17, 15) is 9.18 Å². The van der Waals surface area contributed by atoms with Crippen LogP contribution in [-0.2, 0) is 6.54 Å². The summed E-state index contributed by atoms with van der Waals surface area (Å²) in [4.78, 5) is 16.5. The number of benzene rings is 1. The fourth-order valence-corrected chi connectivity index (χ4v) is 3.51. The average Bonchev–Trinajstić information content (AvgIpc) is 3.37. The van der Waals surface area contributed by atoms with Gasteiger partial charge in [0.25, 0.3) is 0 Å². The van der Waals surface area contributed by atoms with Gasteiger partial charge in [-0.3, -0.25) is 14.3 Å². The van der Waals surface area contributed by atoms with Gasteiger partial charge in [-0.2, -0.15) is 0 Å². The number of thioether (sulfide) groups is 1. The minimum atomic E-state index is -0.435. The molecule has 0 aliphatic carbocycles. The van der Waals surface area contributed by atoms with E-state index in [1.807, 2.05) is 28.8 Å². The molecule has 0 aliphatic heterocycles. The molecule has 0 saturated heterocycles. The van der Waals surface area contributed by atoms with Crippen LogP contribution in [0.1, 0.15) is 16.1 Å². The van der Waals surface area contributed by atoms with Crippen molar-refractivity contribution in [3.8, 4) is 11.4 Å². The number of hydrogen-bond acceptors (Lipinski definition) is 6. The minimum Gasteiger partial charge on any atom is -0.467 e. The van der Waals surface area contributed by atoms with Crippen molar-refractivity contribution in [1.29, 1.82) is 0 Å². The molecule has 4 rings (SSSR count). The molecule has 0 bridgehead atoms. The standard InChI is InChI=1S/C20H15FN4O2S/c21-16-6-1-4-14(10-16)18(26)13-28-20-24-23-19(15-5-2-8-22-11-15)25(20)12-17-7-3-9-27-17/h1-11H,12-13H2. The Labute approximate surface area is 164 Å². The van der Waals surface area contributed by atoms with Crippen LogP contribution in [0.15, 0.2) is 76.8 Å². The molecular weight excluding hydrogens is 379 g/mol. The zero-order valence-corrected chi connectivity index (χ0v) is 15.5.